The first kappa shape index (κ1) is 30.9. The van der Waals surface area contributed by atoms with Crippen molar-refractivity contribution in [2.45, 2.75) is 83.0 Å². The van der Waals surface area contributed by atoms with Gasteiger partial charge in [-0.1, -0.05) is 18.2 Å². The SMILES string of the molecule is Cn1c(=O)n(C2CCC(=O)NC2=O)c2ccc(C3CCN(C4CCN(c5ccc(CNC(=O)OC(C)(C)C)cc5)CC4)C3)cc21. The van der Waals surface area contributed by atoms with Gasteiger partial charge in [-0.05, 0) is 94.3 Å². The summed E-state index contributed by atoms with van der Waals surface area (Å²) in [6.07, 6.45) is 3.45. The molecule has 3 aliphatic heterocycles. The number of imide groups is 1. The number of fused-ring (bicyclic) bond motifs is 1. The second-order valence-electron chi connectivity index (χ2n) is 13.6. The minimum atomic E-state index is -0.670. The molecule has 3 amide bonds. The third kappa shape index (κ3) is 6.63. The van der Waals surface area contributed by atoms with Crippen LogP contribution >= 0.6 is 0 Å². The first-order chi connectivity index (χ1) is 21.5. The molecule has 0 aliphatic carbocycles. The number of nitrogens with zero attached hydrogens (tertiary/aromatic N) is 4. The number of carbonyl (C=O) groups excluding carboxylic acids is 3. The molecule has 45 heavy (non-hydrogen) atoms. The van der Waals surface area contributed by atoms with Crippen molar-refractivity contribution >= 4 is 34.6 Å². The number of anilines is 1. The minimum absolute atomic E-state index is 0.232. The molecule has 1 aromatic heterocycles. The summed E-state index contributed by atoms with van der Waals surface area (Å²) in [6.45, 7) is 10.1. The Bertz CT molecular complexity index is 1640. The minimum Gasteiger partial charge on any atom is -0.444 e. The van der Waals surface area contributed by atoms with Gasteiger partial charge in [0.1, 0.15) is 11.6 Å². The van der Waals surface area contributed by atoms with Crippen molar-refractivity contribution in [1.82, 2.24) is 24.7 Å². The Balaban J connectivity index is 1.04. The van der Waals surface area contributed by atoms with Crippen LogP contribution in [0.2, 0.25) is 0 Å². The number of nitrogens with one attached hydrogen (secondary N) is 2. The third-order valence-electron chi connectivity index (χ3n) is 9.44. The summed E-state index contributed by atoms with van der Waals surface area (Å²) >= 11 is 0. The number of benzene rings is 2. The highest BCUT2D eigenvalue weighted by molar-refractivity contribution is 6.00. The Hall–Kier alpha value is -4.12. The van der Waals surface area contributed by atoms with E-state index in [9.17, 15) is 19.2 Å². The van der Waals surface area contributed by atoms with Gasteiger partial charge < -0.3 is 15.0 Å². The highest BCUT2D eigenvalue weighted by Crippen LogP contribution is 2.34. The van der Waals surface area contributed by atoms with Crippen molar-refractivity contribution in [1.29, 1.82) is 0 Å². The molecular weight excluding hydrogens is 572 g/mol. The van der Waals surface area contributed by atoms with E-state index < -0.39 is 23.6 Å². The molecule has 4 heterocycles. The molecule has 0 radical (unpaired) electrons. The van der Waals surface area contributed by atoms with Crippen LogP contribution in [0, 0.1) is 0 Å². The van der Waals surface area contributed by atoms with Gasteiger partial charge in [0.15, 0.2) is 0 Å². The number of aromatic nitrogens is 2. The molecule has 3 aromatic rings. The molecular formula is C34H44N6O5. The topological polar surface area (TPSA) is 118 Å². The van der Waals surface area contributed by atoms with E-state index in [-0.39, 0.29) is 18.0 Å². The summed E-state index contributed by atoms with van der Waals surface area (Å²) < 4.78 is 8.49. The number of carbonyl (C=O) groups is 3. The molecule has 3 aliphatic rings. The molecule has 2 atom stereocenters. The number of piperidine rings is 2. The van der Waals surface area contributed by atoms with Crippen LogP contribution in [0.3, 0.4) is 0 Å². The van der Waals surface area contributed by atoms with Crippen molar-refractivity contribution in [2.75, 3.05) is 31.1 Å². The molecule has 11 nitrogen and oxygen atoms in total. The van der Waals surface area contributed by atoms with E-state index >= 15 is 0 Å². The number of hydrogen-bond donors (Lipinski definition) is 2. The predicted octanol–water partition coefficient (Wildman–Crippen LogP) is 3.80. The van der Waals surface area contributed by atoms with Gasteiger partial charge in [-0.25, -0.2) is 9.59 Å². The lowest BCUT2D eigenvalue weighted by Gasteiger charge is -2.38. The molecule has 3 saturated heterocycles. The molecule has 6 rings (SSSR count). The summed E-state index contributed by atoms with van der Waals surface area (Å²) in [5.41, 5.74) is 4.27. The zero-order valence-electron chi connectivity index (χ0n) is 26.7. The quantitative estimate of drug-likeness (QED) is 0.405. The van der Waals surface area contributed by atoms with Crippen LogP contribution in [0.4, 0.5) is 10.5 Å². The van der Waals surface area contributed by atoms with E-state index in [0.717, 1.165) is 62.0 Å². The van der Waals surface area contributed by atoms with Crippen molar-refractivity contribution in [3.8, 4) is 0 Å². The second-order valence-corrected chi connectivity index (χ2v) is 13.6. The Labute approximate surface area is 263 Å². The molecule has 2 N–H and O–H groups in total. The van der Waals surface area contributed by atoms with E-state index in [0.29, 0.717) is 24.9 Å². The van der Waals surface area contributed by atoms with Crippen molar-refractivity contribution in [3.63, 3.8) is 0 Å². The number of likely N-dealkylation sites (tertiary alicyclic amines) is 1. The number of amides is 3. The number of alkyl carbamates (subject to hydrolysis) is 1. The Morgan fingerprint density at radius 3 is 2.38 bits per heavy atom. The highest BCUT2D eigenvalue weighted by atomic mass is 16.6. The van der Waals surface area contributed by atoms with Gasteiger partial charge in [0, 0.05) is 51.4 Å². The first-order valence-electron chi connectivity index (χ1n) is 16.1. The molecule has 11 heteroatoms. The lowest BCUT2D eigenvalue weighted by molar-refractivity contribution is -0.135. The Morgan fingerprint density at radius 2 is 1.69 bits per heavy atom. The number of hydrogen-bond acceptors (Lipinski definition) is 7. The second kappa shape index (κ2) is 12.3. The van der Waals surface area contributed by atoms with Crippen LogP contribution in [0.15, 0.2) is 47.3 Å². The fourth-order valence-electron chi connectivity index (χ4n) is 7.06. The number of aryl methyl sites for hydroxylation is 1. The molecule has 0 saturated carbocycles. The fourth-order valence-corrected chi connectivity index (χ4v) is 7.06. The van der Waals surface area contributed by atoms with Crippen LogP contribution in [0.25, 0.3) is 11.0 Å². The van der Waals surface area contributed by atoms with Crippen LogP contribution in [-0.2, 0) is 27.9 Å². The van der Waals surface area contributed by atoms with Crippen molar-refractivity contribution in [2.24, 2.45) is 7.05 Å². The summed E-state index contributed by atoms with van der Waals surface area (Å²) in [7, 11) is 1.75. The van der Waals surface area contributed by atoms with Crippen molar-refractivity contribution in [3.05, 3.63) is 64.1 Å². The van der Waals surface area contributed by atoms with E-state index in [1.165, 1.54) is 11.3 Å². The van der Waals surface area contributed by atoms with E-state index in [1.807, 2.05) is 26.8 Å². The molecule has 3 fully saturated rings. The van der Waals surface area contributed by atoms with Gasteiger partial charge >= 0.3 is 11.8 Å². The van der Waals surface area contributed by atoms with Crippen LogP contribution < -0.4 is 21.2 Å². The largest absolute Gasteiger partial charge is 0.444 e. The summed E-state index contributed by atoms with van der Waals surface area (Å²) in [4.78, 5) is 54.4. The number of rotatable bonds is 6. The van der Waals surface area contributed by atoms with Crippen LogP contribution in [-0.4, -0.2) is 69.8 Å². The van der Waals surface area contributed by atoms with E-state index in [1.54, 1.807) is 16.2 Å². The summed E-state index contributed by atoms with van der Waals surface area (Å²) in [6, 6.07) is 14.5. The molecule has 2 unspecified atom stereocenters. The molecule has 2 aromatic carbocycles. The van der Waals surface area contributed by atoms with Gasteiger partial charge in [-0.2, -0.15) is 0 Å². The fraction of sp³-hybridized carbons (Fsp3) is 0.529. The summed E-state index contributed by atoms with van der Waals surface area (Å²) in [5.74, 6) is -0.307. The maximum Gasteiger partial charge on any atom is 0.407 e. The van der Waals surface area contributed by atoms with E-state index in [4.69, 9.17) is 4.74 Å². The smallest absolute Gasteiger partial charge is 0.407 e. The van der Waals surface area contributed by atoms with Crippen LogP contribution in [0.1, 0.15) is 76.0 Å². The predicted molar refractivity (Wildman–Crippen MR) is 172 cm³/mol. The molecule has 0 bridgehead atoms. The van der Waals surface area contributed by atoms with Gasteiger partial charge in [0.25, 0.3) is 0 Å². The van der Waals surface area contributed by atoms with Gasteiger partial charge in [-0.3, -0.25) is 28.9 Å². The normalized spacial score (nSPS) is 21.7. The maximum absolute atomic E-state index is 13.2. The molecule has 240 valence electrons. The third-order valence-corrected chi connectivity index (χ3v) is 9.44. The lowest BCUT2D eigenvalue weighted by Crippen LogP contribution is -2.44. The Morgan fingerprint density at radius 1 is 0.956 bits per heavy atom. The van der Waals surface area contributed by atoms with Gasteiger partial charge in [-0.15, -0.1) is 0 Å². The first-order valence-corrected chi connectivity index (χ1v) is 16.1. The molecule has 0 spiro atoms. The monoisotopic (exact) mass is 616 g/mol. The number of imidazole rings is 1. The number of ether oxygens (including phenoxy) is 1. The average molecular weight is 617 g/mol. The maximum atomic E-state index is 13.2. The van der Waals surface area contributed by atoms with Gasteiger partial charge in [0.2, 0.25) is 11.8 Å². The Kier molecular flexibility index (Phi) is 8.47. The lowest BCUT2D eigenvalue weighted by atomic mass is 9.97. The van der Waals surface area contributed by atoms with Crippen LogP contribution in [0.5, 0.6) is 0 Å². The van der Waals surface area contributed by atoms with Crippen molar-refractivity contribution < 1.29 is 19.1 Å². The highest BCUT2D eigenvalue weighted by Gasteiger charge is 2.34. The average Bonchev–Trinajstić information content (AvgIpc) is 3.59. The standard InChI is InChI=1S/C34H44N6O5/c1-34(2,3)45-32(43)35-20-22-5-8-25(9-6-22)38-17-14-26(15-18-38)39-16-13-24(21-39)23-7-10-27-29(19-23)37(4)33(44)40(27)28-11-12-30(41)36-31(28)42/h5-10,19,24,26,28H,11-18,20-21H2,1-4H3,(H,35,43)(H,36,41,42). The zero-order chi connectivity index (χ0) is 31.9. The summed E-state index contributed by atoms with van der Waals surface area (Å²) in [5, 5.41) is 5.19. The van der Waals surface area contributed by atoms with E-state index in [2.05, 4.69) is 56.8 Å². The zero-order valence-corrected chi connectivity index (χ0v) is 26.7. The van der Waals surface area contributed by atoms with Gasteiger partial charge in [0.05, 0.1) is 11.0 Å².